The summed E-state index contributed by atoms with van der Waals surface area (Å²) in [5, 5.41) is 0.511. The molecule has 1 saturated heterocycles. The Labute approximate surface area is 99.5 Å². The molecule has 0 bridgehead atoms. The molecule has 1 aromatic heterocycles. The van der Waals surface area contributed by atoms with Crippen molar-refractivity contribution in [2.45, 2.75) is 6.04 Å². The van der Waals surface area contributed by atoms with E-state index < -0.39 is 0 Å². The number of nitrogens with zero attached hydrogens (tertiary/aromatic N) is 2. The lowest BCUT2D eigenvalue weighted by Gasteiger charge is -2.29. The monoisotopic (exact) mass is 232 g/mol. The molecule has 0 saturated carbocycles. The van der Waals surface area contributed by atoms with Crippen LogP contribution in [0.1, 0.15) is 5.69 Å². The van der Waals surface area contributed by atoms with Gasteiger partial charge in [0.15, 0.2) is 0 Å². The Morgan fingerprint density at radius 3 is 3.31 bits per heavy atom. The van der Waals surface area contributed by atoms with Gasteiger partial charge >= 0.3 is 7.05 Å². The predicted octanol–water partition coefficient (Wildman–Crippen LogP) is 2.18. The van der Waals surface area contributed by atoms with Gasteiger partial charge in [0.05, 0.1) is 24.0 Å². The van der Waals surface area contributed by atoms with Gasteiger partial charge in [-0.1, -0.05) is 23.7 Å². The molecule has 0 aliphatic carbocycles. The van der Waals surface area contributed by atoms with E-state index in [0.29, 0.717) is 11.8 Å². The molecule has 3 rings (SSSR count). The average Bonchev–Trinajstić information content (AvgIpc) is 2.71. The van der Waals surface area contributed by atoms with Crippen molar-refractivity contribution >= 4 is 30.4 Å². The summed E-state index contributed by atoms with van der Waals surface area (Å²) >= 11 is 5.87. The molecule has 2 aliphatic heterocycles. The van der Waals surface area contributed by atoms with Crippen molar-refractivity contribution in [1.29, 1.82) is 0 Å². The van der Waals surface area contributed by atoms with Crippen molar-refractivity contribution in [2.24, 2.45) is 0 Å². The lowest BCUT2D eigenvalue weighted by atomic mass is 9.76. The van der Waals surface area contributed by atoms with Crippen molar-refractivity contribution < 1.29 is 4.65 Å². The first kappa shape index (κ1) is 9.93. The molecule has 1 atom stereocenters. The molecule has 16 heavy (non-hydrogen) atoms. The molecule has 0 spiro atoms. The van der Waals surface area contributed by atoms with Crippen LogP contribution in [-0.2, 0) is 4.65 Å². The number of fused-ring (bicyclic) bond motifs is 3. The van der Waals surface area contributed by atoms with E-state index in [4.69, 9.17) is 16.3 Å². The highest BCUT2D eigenvalue weighted by Crippen LogP contribution is 2.32. The highest BCUT2D eigenvalue weighted by Gasteiger charge is 2.38. The van der Waals surface area contributed by atoms with E-state index in [2.05, 4.69) is 16.4 Å². The minimum Gasteiger partial charge on any atom is -0.411 e. The molecule has 1 aromatic rings. The Balaban J connectivity index is 2.10. The second kappa shape index (κ2) is 3.65. The zero-order valence-electron chi connectivity index (χ0n) is 8.64. The number of hydrogen-bond acceptors (Lipinski definition) is 3. The molecular formula is C11H10BClN2O. The van der Waals surface area contributed by atoms with Crippen LogP contribution in [0.3, 0.4) is 0 Å². The molecular weight excluding hydrogens is 222 g/mol. The predicted molar refractivity (Wildman–Crippen MR) is 66.5 cm³/mol. The normalized spacial score (nSPS) is 21.9. The summed E-state index contributed by atoms with van der Waals surface area (Å²) < 4.78 is 5.65. The van der Waals surface area contributed by atoms with Crippen molar-refractivity contribution in [3.63, 3.8) is 0 Å². The lowest BCUT2D eigenvalue weighted by molar-refractivity contribution is 0.360. The van der Waals surface area contributed by atoms with Crippen LogP contribution in [0.5, 0.6) is 0 Å². The third-order valence-corrected chi connectivity index (χ3v) is 3.12. The van der Waals surface area contributed by atoms with Gasteiger partial charge in [0.2, 0.25) is 0 Å². The highest BCUT2D eigenvalue weighted by atomic mass is 35.5. The van der Waals surface area contributed by atoms with E-state index in [1.165, 1.54) is 0 Å². The zero-order valence-corrected chi connectivity index (χ0v) is 9.39. The molecule has 1 unspecified atom stereocenters. The molecule has 0 aromatic carbocycles. The van der Waals surface area contributed by atoms with Gasteiger partial charge in [-0.3, -0.25) is 0 Å². The first-order valence-electron chi connectivity index (χ1n) is 5.17. The van der Waals surface area contributed by atoms with E-state index in [-0.39, 0.29) is 13.1 Å². The number of rotatable bonds is 1. The van der Waals surface area contributed by atoms with E-state index in [1.807, 2.05) is 24.2 Å². The number of halogens is 1. The largest absolute Gasteiger partial charge is 0.445 e. The van der Waals surface area contributed by atoms with Crippen LogP contribution in [0, 0.1) is 0 Å². The lowest BCUT2D eigenvalue weighted by Crippen LogP contribution is -2.40. The van der Waals surface area contributed by atoms with E-state index >= 15 is 0 Å². The van der Waals surface area contributed by atoms with Gasteiger partial charge in [0.25, 0.3) is 0 Å². The standard InChI is InChI=1S/C11H10BClN2O/c1-2-8-7-16-12-6-5-9-10(15(8)12)3-4-11(13)14-9/h2-6,8H,1,7H2. The Bertz CT molecular complexity index is 477. The third-order valence-electron chi connectivity index (χ3n) is 2.91. The van der Waals surface area contributed by atoms with Gasteiger partial charge in [-0.2, -0.15) is 0 Å². The molecule has 3 heterocycles. The minimum atomic E-state index is -0.00141. The van der Waals surface area contributed by atoms with Gasteiger partial charge in [0.1, 0.15) is 5.15 Å². The Morgan fingerprint density at radius 2 is 2.50 bits per heavy atom. The van der Waals surface area contributed by atoms with Gasteiger partial charge in [-0.05, 0) is 18.2 Å². The maximum atomic E-state index is 5.87. The SMILES string of the molecule is C=CC1COB2C=Cc3nc(Cl)ccc3N21. The maximum absolute atomic E-state index is 5.87. The summed E-state index contributed by atoms with van der Waals surface area (Å²) in [7, 11) is -0.00141. The number of anilines is 1. The van der Waals surface area contributed by atoms with Crippen LogP contribution in [-0.4, -0.2) is 24.7 Å². The Kier molecular flexibility index (Phi) is 2.26. The first-order valence-corrected chi connectivity index (χ1v) is 5.54. The summed E-state index contributed by atoms with van der Waals surface area (Å²) in [5.41, 5.74) is 1.94. The van der Waals surface area contributed by atoms with Crippen molar-refractivity contribution in [1.82, 2.24) is 4.98 Å². The summed E-state index contributed by atoms with van der Waals surface area (Å²) in [5.74, 6) is 2.00. The van der Waals surface area contributed by atoms with E-state index in [0.717, 1.165) is 11.4 Å². The van der Waals surface area contributed by atoms with Crippen LogP contribution >= 0.6 is 11.6 Å². The van der Waals surface area contributed by atoms with Gasteiger partial charge in [-0.25, -0.2) is 4.98 Å². The Hall–Kier alpha value is -1.26. The molecule has 0 N–H and O–H groups in total. The van der Waals surface area contributed by atoms with Crippen LogP contribution in [0.15, 0.2) is 30.8 Å². The van der Waals surface area contributed by atoms with Crippen LogP contribution in [0.2, 0.25) is 5.15 Å². The summed E-state index contributed by atoms with van der Waals surface area (Å²) in [4.78, 5) is 6.46. The maximum Gasteiger partial charge on any atom is 0.445 e. The van der Waals surface area contributed by atoms with Crippen molar-refractivity contribution in [2.75, 3.05) is 11.4 Å². The Morgan fingerprint density at radius 1 is 1.62 bits per heavy atom. The summed E-state index contributed by atoms with van der Waals surface area (Å²) in [6.07, 6.45) is 3.85. The van der Waals surface area contributed by atoms with Crippen LogP contribution in [0.25, 0.3) is 6.08 Å². The highest BCUT2D eigenvalue weighted by molar-refractivity contribution is 6.64. The number of hydrogen-bond donors (Lipinski definition) is 0. The zero-order chi connectivity index (χ0) is 11.1. The topological polar surface area (TPSA) is 25.4 Å². The summed E-state index contributed by atoms with van der Waals surface area (Å²) in [6, 6.07) is 3.98. The first-order chi connectivity index (χ1) is 7.79. The summed E-state index contributed by atoms with van der Waals surface area (Å²) in [6.45, 7) is 4.50. The molecule has 0 amide bonds. The average molecular weight is 232 g/mol. The van der Waals surface area contributed by atoms with E-state index in [1.54, 1.807) is 6.07 Å². The molecule has 2 aliphatic rings. The molecule has 1 fully saturated rings. The fourth-order valence-electron chi connectivity index (χ4n) is 2.15. The fourth-order valence-corrected chi connectivity index (χ4v) is 2.30. The number of pyridine rings is 1. The quantitative estimate of drug-likeness (QED) is 0.422. The van der Waals surface area contributed by atoms with Gasteiger partial charge in [0, 0.05) is 0 Å². The smallest absolute Gasteiger partial charge is 0.411 e. The van der Waals surface area contributed by atoms with Crippen molar-refractivity contribution in [3.05, 3.63) is 41.6 Å². The second-order valence-electron chi connectivity index (χ2n) is 3.83. The molecule has 3 nitrogen and oxygen atoms in total. The fraction of sp³-hybridized carbons (Fsp3) is 0.182. The van der Waals surface area contributed by atoms with Crippen molar-refractivity contribution in [3.8, 4) is 0 Å². The van der Waals surface area contributed by atoms with Crippen LogP contribution in [0.4, 0.5) is 5.69 Å². The van der Waals surface area contributed by atoms with Gasteiger partial charge in [-0.15, -0.1) is 6.58 Å². The number of aromatic nitrogens is 1. The molecule has 0 radical (unpaired) electrons. The minimum absolute atomic E-state index is 0.00141. The van der Waals surface area contributed by atoms with E-state index in [9.17, 15) is 0 Å². The van der Waals surface area contributed by atoms with Crippen LogP contribution < -0.4 is 4.81 Å². The molecule has 5 heteroatoms. The van der Waals surface area contributed by atoms with Gasteiger partial charge < -0.3 is 9.47 Å². The second-order valence-corrected chi connectivity index (χ2v) is 4.22. The third kappa shape index (κ3) is 1.38. The molecule has 80 valence electrons.